The van der Waals surface area contributed by atoms with Crippen molar-refractivity contribution in [2.45, 2.75) is 45.4 Å². The van der Waals surface area contributed by atoms with Gasteiger partial charge in [0.1, 0.15) is 12.2 Å². The van der Waals surface area contributed by atoms with Gasteiger partial charge in [-0.1, -0.05) is 27.7 Å². The summed E-state index contributed by atoms with van der Waals surface area (Å²) in [7, 11) is 0. The maximum Gasteiger partial charge on any atom is 0.130 e. The fraction of sp³-hybridized carbons (Fsp3) is 0.467. The number of nitrogens with zero attached hydrogens (tertiary/aromatic N) is 4. The summed E-state index contributed by atoms with van der Waals surface area (Å²) in [4.78, 5) is 17.0. The Bertz CT molecular complexity index is 518. The second kappa shape index (κ2) is 5.43. The van der Waals surface area contributed by atoms with Crippen LogP contribution in [0.1, 0.15) is 50.6 Å². The third kappa shape index (κ3) is 3.34. The molecule has 0 atom stereocenters. The van der Waals surface area contributed by atoms with Crippen molar-refractivity contribution in [1.82, 2.24) is 19.9 Å². The molecule has 19 heavy (non-hydrogen) atoms. The van der Waals surface area contributed by atoms with Crippen LogP contribution in [0, 0.1) is 0 Å². The highest BCUT2D eigenvalue weighted by Gasteiger charge is 2.22. The van der Waals surface area contributed by atoms with Crippen LogP contribution in [0.15, 0.2) is 31.1 Å². The van der Waals surface area contributed by atoms with E-state index in [2.05, 4.69) is 47.6 Å². The first-order valence-electron chi connectivity index (χ1n) is 6.55. The Labute approximate surface area is 114 Å². The van der Waals surface area contributed by atoms with Crippen LogP contribution < -0.4 is 0 Å². The molecular weight excluding hydrogens is 236 g/mol. The van der Waals surface area contributed by atoms with Crippen molar-refractivity contribution in [1.29, 1.82) is 0 Å². The van der Waals surface area contributed by atoms with Gasteiger partial charge in [0, 0.05) is 30.7 Å². The average Bonchev–Trinajstić information content (AvgIpc) is 2.40. The lowest BCUT2D eigenvalue weighted by Crippen LogP contribution is -2.21. The molecule has 0 saturated heterocycles. The predicted molar refractivity (Wildman–Crippen MR) is 74.9 cm³/mol. The Kier molecular flexibility index (Phi) is 3.88. The lowest BCUT2D eigenvalue weighted by atomic mass is 9.81. The van der Waals surface area contributed by atoms with Crippen molar-refractivity contribution < 1.29 is 0 Å². The van der Waals surface area contributed by atoms with E-state index in [-0.39, 0.29) is 5.41 Å². The predicted octanol–water partition coefficient (Wildman–Crippen LogP) is 2.91. The molecule has 2 heterocycles. The van der Waals surface area contributed by atoms with Crippen LogP contribution in [0.3, 0.4) is 0 Å². The minimum absolute atomic E-state index is 0.0238. The minimum atomic E-state index is -0.0238. The van der Waals surface area contributed by atoms with Crippen molar-refractivity contribution in [2.24, 2.45) is 0 Å². The summed E-state index contributed by atoms with van der Waals surface area (Å²) in [6.45, 7) is 8.56. The van der Waals surface area contributed by atoms with Gasteiger partial charge in [0.2, 0.25) is 0 Å². The van der Waals surface area contributed by atoms with Gasteiger partial charge in [-0.3, -0.25) is 0 Å². The van der Waals surface area contributed by atoms with Gasteiger partial charge < -0.3 is 0 Å². The maximum absolute atomic E-state index is 4.41. The first-order chi connectivity index (χ1) is 8.99. The van der Waals surface area contributed by atoms with Crippen molar-refractivity contribution in [3.05, 3.63) is 48.1 Å². The van der Waals surface area contributed by atoms with Crippen molar-refractivity contribution >= 4 is 0 Å². The average molecular weight is 256 g/mol. The second-order valence-corrected chi connectivity index (χ2v) is 5.79. The van der Waals surface area contributed by atoms with Gasteiger partial charge in [-0.25, -0.2) is 19.9 Å². The molecule has 4 nitrogen and oxygen atoms in total. The van der Waals surface area contributed by atoms with Gasteiger partial charge in [0.25, 0.3) is 0 Å². The molecule has 2 aromatic heterocycles. The molecule has 4 heteroatoms. The van der Waals surface area contributed by atoms with Crippen molar-refractivity contribution in [3.63, 3.8) is 0 Å². The lowest BCUT2D eigenvalue weighted by Gasteiger charge is -2.24. The number of hydrogen-bond donors (Lipinski definition) is 0. The Hall–Kier alpha value is -1.84. The molecule has 0 saturated carbocycles. The fourth-order valence-electron chi connectivity index (χ4n) is 2.02. The van der Waals surface area contributed by atoms with Crippen LogP contribution in [0.4, 0.5) is 0 Å². The normalized spacial score (nSPS) is 11.8. The van der Waals surface area contributed by atoms with E-state index in [0.717, 1.165) is 23.4 Å². The monoisotopic (exact) mass is 256 g/mol. The molecule has 0 bridgehead atoms. The lowest BCUT2D eigenvalue weighted by molar-refractivity contribution is 0.515. The topological polar surface area (TPSA) is 51.6 Å². The summed E-state index contributed by atoms with van der Waals surface area (Å²) in [5.41, 5.74) is 2.24. The maximum atomic E-state index is 4.41. The first kappa shape index (κ1) is 13.6. The van der Waals surface area contributed by atoms with E-state index in [4.69, 9.17) is 0 Å². The van der Waals surface area contributed by atoms with E-state index in [0.29, 0.717) is 5.92 Å². The van der Waals surface area contributed by atoms with Crippen LogP contribution >= 0.6 is 0 Å². The van der Waals surface area contributed by atoms with E-state index in [1.54, 1.807) is 6.33 Å². The summed E-state index contributed by atoms with van der Waals surface area (Å²) in [5, 5.41) is 0. The molecule has 0 amide bonds. The third-order valence-electron chi connectivity index (χ3n) is 3.23. The summed E-state index contributed by atoms with van der Waals surface area (Å²) in [5.74, 6) is 1.26. The highest BCUT2D eigenvalue weighted by Crippen LogP contribution is 2.26. The smallest absolute Gasteiger partial charge is 0.130 e. The fourth-order valence-corrected chi connectivity index (χ4v) is 2.02. The molecule has 0 radical (unpaired) electrons. The Morgan fingerprint density at radius 1 is 1.00 bits per heavy atom. The van der Waals surface area contributed by atoms with E-state index in [9.17, 15) is 0 Å². The Morgan fingerprint density at radius 2 is 1.58 bits per heavy atom. The van der Waals surface area contributed by atoms with Crippen LogP contribution in [0.2, 0.25) is 0 Å². The molecule has 2 rings (SSSR count). The van der Waals surface area contributed by atoms with Crippen LogP contribution in [-0.2, 0) is 11.8 Å². The molecule has 2 aromatic rings. The van der Waals surface area contributed by atoms with Crippen LogP contribution in [0.25, 0.3) is 0 Å². The molecule has 0 aromatic carbocycles. The summed E-state index contributed by atoms with van der Waals surface area (Å²) < 4.78 is 0. The van der Waals surface area contributed by atoms with Crippen molar-refractivity contribution in [3.8, 4) is 0 Å². The van der Waals surface area contributed by atoms with Crippen LogP contribution in [0.5, 0.6) is 0 Å². The number of rotatable bonds is 4. The third-order valence-corrected chi connectivity index (χ3v) is 3.23. The molecule has 0 aliphatic carbocycles. The molecule has 0 aliphatic heterocycles. The largest absolute Gasteiger partial charge is 0.245 e. The van der Waals surface area contributed by atoms with Gasteiger partial charge in [0.05, 0.1) is 0 Å². The Balaban J connectivity index is 2.16. The zero-order chi connectivity index (χ0) is 13.9. The van der Waals surface area contributed by atoms with Crippen molar-refractivity contribution in [2.75, 3.05) is 0 Å². The van der Waals surface area contributed by atoms with Gasteiger partial charge in [0.15, 0.2) is 0 Å². The summed E-state index contributed by atoms with van der Waals surface area (Å²) in [6.07, 6.45) is 10.0. The van der Waals surface area contributed by atoms with Crippen LogP contribution in [-0.4, -0.2) is 19.9 Å². The highest BCUT2D eigenvalue weighted by atomic mass is 14.9. The molecule has 0 unspecified atom stereocenters. The molecule has 0 spiro atoms. The zero-order valence-corrected chi connectivity index (χ0v) is 12.0. The molecule has 0 aliphatic rings. The van der Waals surface area contributed by atoms with Gasteiger partial charge in [-0.05, 0) is 23.0 Å². The summed E-state index contributed by atoms with van der Waals surface area (Å²) >= 11 is 0. The molecule has 0 N–H and O–H groups in total. The highest BCUT2D eigenvalue weighted by molar-refractivity contribution is 5.21. The molecule has 0 fully saturated rings. The molecular formula is C15H20N4. The van der Waals surface area contributed by atoms with Gasteiger partial charge in [-0.15, -0.1) is 0 Å². The van der Waals surface area contributed by atoms with E-state index in [1.165, 1.54) is 0 Å². The van der Waals surface area contributed by atoms with E-state index < -0.39 is 0 Å². The standard InChI is InChI=1S/C15H20N4/c1-11(2)14-18-6-12(7-19-14)5-15(3,4)13-8-16-10-17-9-13/h6-11H,5H2,1-4H3. The first-order valence-corrected chi connectivity index (χ1v) is 6.55. The van der Waals surface area contributed by atoms with E-state index >= 15 is 0 Å². The van der Waals surface area contributed by atoms with E-state index in [1.807, 2.05) is 24.8 Å². The number of hydrogen-bond acceptors (Lipinski definition) is 4. The number of aromatic nitrogens is 4. The Morgan fingerprint density at radius 3 is 2.11 bits per heavy atom. The quantitative estimate of drug-likeness (QED) is 0.844. The molecule has 100 valence electrons. The van der Waals surface area contributed by atoms with Gasteiger partial charge in [-0.2, -0.15) is 0 Å². The summed E-state index contributed by atoms with van der Waals surface area (Å²) in [6, 6.07) is 0. The zero-order valence-electron chi connectivity index (χ0n) is 12.0. The van der Waals surface area contributed by atoms with Gasteiger partial charge >= 0.3 is 0 Å². The SMILES string of the molecule is CC(C)c1ncc(CC(C)(C)c2cncnc2)cn1. The second-order valence-electron chi connectivity index (χ2n) is 5.79. The minimum Gasteiger partial charge on any atom is -0.245 e.